The Bertz CT molecular complexity index is 856. The molecule has 3 rings (SSSR count). The van der Waals surface area contributed by atoms with Gasteiger partial charge in [-0.25, -0.2) is 0 Å². The quantitative estimate of drug-likeness (QED) is 0.729. The Balaban J connectivity index is 1.53. The number of carbonyl (C=O) groups excluding carboxylic acids is 2. The van der Waals surface area contributed by atoms with E-state index in [9.17, 15) is 9.59 Å². The van der Waals surface area contributed by atoms with E-state index in [1.54, 1.807) is 24.3 Å². The van der Waals surface area contributed by atoms with Crippen molar-refractivity contribution < 1.29 is 14.3 Å². The number of ether oxygens (including phenoxy) is 1. The van der Waals surface area contributed by atoms with Crippen LogP contribution in [0.5, 0.6) is 5.75 Å². The Kier molecular flexibility index (Phi) is 6.88. The number of nitrogens with one attached hydrogen (secondary N) is 1. The normalized spacial score (nSPS) is 14.5. The summed E-state index contributed by atoms with van der Waals surface area (Å²) in [4.78, 5) is 28.4. The molecule has 29 heavy (non-hydrogen) atoms. The van der Waals surface area contributed by atoms with Gasteiger partial charge in [0, 0.05) is 43.1 Å². The summed E-state index contributed by atoms with van der Waals surface area (Å²) in [6, 6.07) is 12.9. The Morgan fingerprint density at radius 1 is 1.03 bits per heavy atom. The number of likely N-dealkylation sites (N-methyl/N-ethyl adjacent to an activating group) is 1. The Morgan fingerprint density at radius 3 is 2.31 bits per heavy atom. The van der Waals surface area contributed by atoms with Crippen LogP contribution in [-0.4, -0.2) is 55.9 Å². The molecule has 1 N–H and O–H groups in total. The maximum Gasteiger partial charge on any atom is 0.262 e. The zero-order valence-corrected chi connectivity index (χ0v) is 17.4. The minimum Gasteiger partial charge on any atom is -0.484 e. The zero-order valence-electron chi connectivity index (χ0n) is 17.4. The van der Waals surface area contributed by atoms with Crippen molar-refractivity contribution in [3.05, 3.63) is 53.6 Å². The highest BCUT2D eigenvalue weighted by molar-refractivity contribution is 5.94. The van der Waals surface area contributed by atoms with E-state index in [1.165, 1.54) is 12.6 Å². The molecule has 0 aromatic heterocycles. The van der Waals surface area contributed by atoms with E-state index >= 15 is 0 Å². The van der Waals surface area contributed by atoms with Crippen molar-refractivity contribution in [1.29, 1.82) is 0 Å². The molecule has 0 unspecified atom stereocenters. The summed E-state index contributed by atoms with van der Waals surface area (Å²) in [7, 11) is 0. The summed E-state index contributed by atoms with van der Waals surface area (Å²) in [5.74, 6) is 0.344. The maximum absolute atomic E-state index is 12.3. The fourth-order valence-electron chi connectivity index (χ4n) is 3.43. The summed E-state index contributed by atoms with van der Waals surface area (Å²) in [6.07, 6.45) is 0. The van der Waals surface area contributed by atoms with Gasteiger partial charge in [0.15, 0.2) is 12.4 Å². The van der Waals surface area contributed by atoms with Gasteiger partial charge in [-0.1, -0.05) is 6.92 Å². The number of rotatable bonds is 7. The molecule has 1 aliphatic heterocycles. The lowest BCUT2D eigenvalue weighted by molar-refractivity contribution is -0.118. The zero-order chi connectivity index (χ0) is 20.8. The molecule has 154 valence electrons. The summed E-state index contributed by atoms with van der Waals surface area (Å²) >= 11 is 0. The molecule has 0 spiro atoms. The molecule has 1 fully saturated rings. The Hall–Kier alpha value is -2.86. The third-order valence-electron chi connectivity index (χ3n) is 5.30. The molecule has 1 aliphatic rings. The number of hydrogen-bond acceptors (Lipinski definition) is 5. The first-order valence-corrected chi connectivity index (χ1v) is 10.1. The van der Waals surface area contributed by atoms with Crippen LogP contribution in [0.2, 0.25) is 0 Å². The van der Waals surface area contributed by atoms with E-state index in [2.05, 4.69) is 34.2 Å². The number of benzene rings is 2. The molecule has 0 radical (unpaired) electrons. The van der Waals surface area contributed by atoms with Crippen molar-refractivity contribution in [2.45, 2.75) is 20.8 Å². The first-order chi connectivity index (χ1) is 14.0. The lowest BCUT2D eigenvalue weighted by Crippen LogP contribution is -2.46. The molecular formula is C23H29N3O3. The van der Waals surface area contributed by atoms with Crippen molar-refractivity contribution in [2.24, 2.45) is 0 Å². The molecule has 6 heteroatoms. The highest BCUT2D eigenvalue weighted by Gasteiger charge is 2.16. The number of piperazine rings is 1. The highest BCUT2D eigenvalue weighted by Crippen LogP contribution is 2.24. The van der Waals surface area contributed by atoms with Crippen molar-refractivity contribution in [1.82, 2.24) is 4.90 Å². The van der Waals surface area contributed by atoms with Crippen molar-refractivity contribution >= 4 is 23.1 Å². The minimum absolute atomic E-state index is 0.000424. The topological polar surface area (TPSA) is 61.9 Å². The predicted molar refractivity (Wildman–Crippen MR) is 116 cm³/mol. The van der Waals surface area contributed by atoms with E-state index in [0.29, 0.717) is 11.3 Å². The van der Waals surface area contributed by atoms with Crippen LogP contribution in [-0.2, 0) is 4.79 Å². The van der Waals surface area contributed by atoms with Gasteiger partial charge >= 0.3 is 0 Å². The fourth-order valence-corrected chi connectivity index (χ4v) is 3.43. The third kappa shape index (κ3) is 5.57. The summed E-state index contributed by atoms with van der Waals surface area (Å²) in [5.41, 5.74) is 3.63. The summed E-state index contributed by atoms with van der Waals surface area (Å²) < 4.78 is 5.52. The van der Waals surface area contributed by atoms with Gasteiger partial charge in [0.2, 0.25) is 0 Å². The van der Waals surface area contributed by atoms with Crippen LogP contribution in [0, 0.1) is 6.92 Å². The lowest BCUT2D eigenvalue weighted by Gasteiger charge is -2.35. The van der Waals surface area contributed by atoms with Gasteiger partial charge in [0.1, 0.15) is 5.75 Å². The number of anilines is 2. The van der Waals surface area contributed by atoms with Gasteiger partial charge < -0.3 is 19.9 Å². The number of carbonyl (C=O) groups is 2. The third-order valence-corrected chi connectivity index (χ3v) is 5.30. The van der Waals surface area contributed by atoms with Crippen LogP contribution in [0.1, 0.15) is 29.8 Å². The van der Waals surface area contributed by atoms with E-state index in [1.807, 2.05) is 13.0 Å². The summed E-state index contributed by atoms with van der Waals surface area (Å²) in [6.45, 7) is 10.9. The molecule has 0 bridgehead atoms. The monoisotopic (exact) mass is 395 g/mol. The minimum atomic E-state index is -0.215. The van der Waals surface area contributed by atoms with Crippen molar-refractivity contribution in [2.75, 3.05) is 49.5 Å². The van der Waals surface area contributed by atoms with E-state index in [4.69, 9.17) is 4.74 Å². The molecule has 0 atom stereocenters. The van der Waals surface area contributed by atoms with Crippen LogP contribution in [0.4, 0.5) is 11.4 Å². The Labute approximate surface area is 172 Å². The van der Waals surface area contributed by atoms with E-state index in [0.717, 1.165) is 44.0 Å². The number of Topliss-reactive ketones (excluding diaryl/α,β-unsaturated/α-hetero) is 1. The van der Waals surface area contributed by atoms with Gasteiger partial charge in [-0.15, -0.1) is 0 Å². The smallest absolute Gasteiger partial charge is 0.262 e. The molecule has 2 aromatic carbocycles. The molecule has 1 saturated heterocycles. The second-order valence-corrected chi connectivity index (χ2v) is 7.34. The second kappa shape index (κ2) is 9.56. The fraction of sp³-hybridized carbons (Fsp3) is 0.391. The van der Waals surface area contributed by atoms with Gasteiger partial charge in [0.05, 0.1) is 0 Å². The average Bonchev–Trinajstić information content (AvgIpc) is 2.74. The van der Waals surface area contributed by atoms with Gasteiger partial charge in [-0.3, -0.25) is 9.59 Å². The van der Waals surface area contributed by atoms with Gasteiger partial charge in [0.25, 0.3) is 5.91 Å². The molecule has 1 amide bonds. The van der Waals surface area contributed by atoms with Crippen LogP contribution < -0.4 is 15.0 Å². The SMILES string of the molecule is CCN1CCN(c2ccc(NC(=O)COc3ccc(C(C)=O)cc3)c(C)c2)CC1. The van der Waals surface area contributed by atoms with Gasteiger partial charge in [-0.2, -0.15) is 0 Å². The average molecular weight is 396 g/mol. The number of hydrogen-bond donors (Lipinski definition) is 1. The predicted octanol–water partition coefficient (Wildman–Crippen LogP) is 3.36. The molecule has 1 heterocycles. The molecule has 2 aromatic rings. The number of nitrogens with zero attached hydrogens (tertiary/aromatic N) is 2. The molecular weight excluding hydrogens is 366 g/mol. The largest absolute Gasteiger partial charge is 0.484 e. The van der Waals surface area contributed by atoms with Crippen molar-refractivity contribution in [3.8, 4) is 5.75 Å². The summed E-state index contributed by atoms with van der Waals surface area (Å²) in [5, 5.41) is 2.91. The highest BCUT2D eigenvalue weighted by atomic mass is 16.5. The van der Waals surface area contributed by atoms with Crippen LogP contribution in [0.3, 0.4) is 0 Å². The van der Waals surface area contributed by atoms with Crippen LogP contribution >= 0.6 is 0 Å². The molecule has 0 saturated carbocycles. The standard InChI is InChI=1S/C23H29N3O3/c1-4-25-11-13-26(14-12-25)20-7-10-22(17(2)15-20)24-23(28)16-29-21-8-5-19(6-9-21)18(3)27/h5-10,15H,4,11-14,16H2,1-3H3,(H,24,28). The first-order valence-electron chi connectivity index (χ1n) is 10.1. The number of ketones is 1. The second-order valence-electron chi connectivity index (χ2n) is 7.34. The van der Waals surface area contributed by atoms with E-state index < -0.39 is 0 Å². The van der Waals surface area contributed by atoms with Crippen molar-refractivity contribution in [3.63, 3.8) is 0 Å². The van der Waals surface area contributed by atoms with Gasteiger partial charge in [-0.05, 0) is 68.4 Å². The number of aryl methyl sites for hydroxylation is 1. The lowest BCUT2D eigenvalue weighted by atomic mass is 10.1. The van der Waals surface area contributed by atoms with Crippen LogP contribution in [0.25, 0.3) is 0 Å². The van der Waals surface area contributed by atoms with E-state index in [-0.39, 0.29) is 18.3 Å². The number of amides is 1. The molecule has 0 aliphatic carbocycles. The molecule has 6 nitrogen and oxygen atoms in total. The van der Waals surface area contributed by atoms with Crippen LogP contribution in [0.15, 0.2) is 42.5 Å². The first kappa shape index (κ1) is 20.9. The Morgan fingerprint density at radius 2 is 1.72 bits per heavy atom. The maximum atomic E-state index is 12.3.